The predicted octanol–water partition coefficient (Wildman–Crippen LogP) is 7.98. The highest BCUT2D eigenvalue weighted by Gasteiger charge is 2.45. The van der Waals surface area contributed by atoms with Crippen molar-refractivity contribution in [2.45, 2.75) is 167 Å². The fraction of sp³-hybridized carbons (Fsp3) is 1.00. The third-order valence-corrected chi connectivity index (χ3v) is 11.9. The molecule has 0 saturated carbocycles. The molecule has 0 bridgehead atoms. The molecule has 0 aromatic heterocycles. The Morgan fingerprint density at radius 3 is 1.78 bits per heavy atom. The topological polar surface area (TPSA) is 47.9 Å². The molecule has 192 valence electrons. The first-order valence-electron chi connectivity index (χ1n) is 13.6. The molecule has 0 aromatic rings. The third kappa shape index (κ3) is 11.5. The Hall–Kier alpha value is 0.0569. The van der Waals surface area contributed by atoms with E-state index in [1.54, 1.807) is 0 Å². The lowest BCUT2D eigenvalue weighted by Gasteiger charge is -2.37. The van der Waals surface area contributed by atoms with Crippen LogP contribution in [0.1, 0.15) is 125 Å². The van der Waals surface area contributed by atoms with Crippen LogP contribution in [0.4, 0.5) is 0 Å². The monoisotopic (exact) mass is 472 g/mol. The highest BCUT2D eigenvalue weighted by atomic mass is 28.4. The molecule has 1 aliphatic heterocycles. The van der Waals surface area contributed by atoms with E-state index in [0.29, 0.717) is 6.61 Å². The van der Waals surface area contributed by atoms with E-state index in [4.69, 9.17) is 13.9 Å². The van der Waals surface area contributed by atoms with Crippen LogP contribution in [0.15, 0.2) is 0 Å². The summed E-state index contributed by atoms with van der Waals surface area (Å²) < 4.78 is 18.5. The van der Waals surface area contributed by atoms with Gasteiger partial charge in [-0.1, -0.05) is 105 Å². The Morgan fingerprint density at radius 1 is 0.844 bits per heavy atom. The molecule has 0 aromatic carbocycles. The zero-order valence-corrected chi connectivity index (χ0v) is 23.8. The second-order valence-corrected chi connectivity index (χ2v) is 16.8. The van der Waals surface area contributed by atoms with Crippen LogP contribution < -0.4 is 0 Å². The molecule has 0 unspecified atom stereocenters. The standard InChI is InChI=1S/C27H56O4Si/c1-9-10-11-12-13-14-15-16-17-18-19-20-21-24-25(31-27(5,6)30-24)23(28)22-29-32(7,8)26(2,3)4/h23-25,28H,9-22H2,1-8H3/t23-,24-,25-/m0/s1. The number of aliphatic hydroxyl groups is 1. The van der Waals surface area contributed by atoms with Crippen LogP contribution in [-0.2, 0) is 13.9 Å². The number of unbranched alkanes of at least 4 members (excludes halogenated alkanes) is 11. The van der Waals surface area contributed by atoms with E-state index >= 15 is 0 Å². The van der Waals surface area contributed by atoms with Crippen molar-refractivity contribution in [3.8, 4) is 0 Å². The molecule has 1 heterocycles. The molecule has 4 nitrogen and oxygen atoms in total. The average molecular weight is 473 g/mol. The Bertz CT molecular complexity index is 487. The summed E-state index contributed by atoms with van der Waals surface area (Å²) in [4.78, 5) is 0. The maximum Gasteiger partial charge on any atom is 0.192 e. The van der Waals surface area contributed by atoms with Crippen molar-refractivity contribution in [2.24, 2.45) is 0 Å². The maximum absolute atomic E-state index is 10.9. The molecule has 1 saturated heterocycles. The summed E-state index contributed by atoms with van der Waals surface area (Å²) in [5.41, 5.74) is 0. The van der Waals surface area contributed by atoms with Crippen LogP contribution in [0.25, 0.3) is 0 Å². The second-order valence-electron chi connectivity index (χ2n) is 12.0. The minimum atomic E-state index is -1.89. The van der Waals surface area contributed by atoms with Gasteiger partial charge in [0, 0.05) is 0 Å². The number of hydrogen-bond acceptors (Lipinski definition) is 4. The normalized spacial score (nSPS) is 22.4. The molecule has 0 radical (unpaired) electrons. The molecule has 1 rings (SSSR count). The Kier molecular flexibility index (Phi) is 13.6. The van der Waals surface area contributed by atoms with Crippen LogP contribution in [0.2, 0.25) is 18.1 Å². The molecule has 5 heteroatoms. The number of aliphatic hydroxyl groups excluding tert-OH is 1. The summed E-state index contributed by atoms with van der Waals surface area (Å²) in [7, 11) is -1.89. The molecular weight excluding hydrogens is 416 g/mol. The minimum absolute atomic E-state index is 0.0499. The van der Waals surface area contributed by atoms with E-state index in [2.05, 4.69) is 40.8 Å². The first-order valence-corrected chi connectivity index (χ1v) is 16.5. The SMILES string of the molecule is CCCCCCCCCCCCCC[C@@H]1OC(C)(C)O[C@H]1[C@@H](O)CO[Si](C)(C)C(C)(C)C. The van der Waals surface area contributed by atoms with Gasteiger partial charge >= 0.3 is 0 Å². The van der Waals surface area contributed by atoms with Gasteiger partial charge in [0.25, 0.3) is 0 Å². The van der Waals surface area contributed by atoms with Gasteiger partial charge in [0.1, 0.15) is 12.2 Å². The van der Waals surface area contributed by atoms with E-state index in [-0.39, 0.29) is 17.2 Å². The van der Waals surface area contributed by atoms with Crippen LogP contribution in [-0.4, -0.2) is 44.1 Å². The first kappa shape index (κ1) is 30.1. The molecular formula is C27H56O4Si. The summed E-state index contributed by atoms with van der Waals surface area (Å²) in [6.07, 6.45) is 16.1. The van der Waals surface area contributed by atoms with E-state index in [9.17, 15) is 5.11 Å². The Balaban J connectivity index is 2.26. The molecule has 1 aliphatic rings. The molecule has 0 spiro atoms. The molecule has 0 aliphatic carbocycles. The van der Waals surface area contributed by atoms with Gasteiger partial charge in [0.15, 0.2) is 14.1 Å². The zero-order valence-electron chi connectivity index (χ0n) is 22.8. The van der Waals surface area contributed by atoms with Gasteiger partial charge in [-0.2, -0.15) is 0 Å². The number of ether oxygens (including phenoxy) is 2. The van der Waals surface area contributed by atoms with Gasteiger partial charge in [-0.25, -0.2) is 0 Å². The maximum atomic E-state index is 10.9. The van der Waals surface area contributed by atoms with Gasteiger partial charge in [-0.15, -0.1) is 0 Å². The number of hydrogen-bond donors (Lipinski definition) is 1. The van der Waals surface area contributed by atoms with Gasteiger partial charge in [0.05, 0.1) is 12.7 Å². The van der Waals surface area contributed by atoms with Crippen molar-refractivity contribution in [1.82, 2.24) is 0 Å². The largest absolute Gasteiger partial charge is 0.414 e. The van der Waals surface area contributed by atoms with Gasteiger partial charge in [0.2, 0.25) is 0 Å². The van der Waals surface area contributed by atoms with E-state index in [1.165, 1.54) is 70.6 Å². The van der Waals surface area contributed by atoms with Crippen molar-refractivity contribution in [2.75, 3.05) is 6.61 Å². The first-order chi connectivity index (χ1) is 14.9. The van der Waals surface area contributed by atoms with Crippen LogP contribution >= 0.6 is 0 Å². The fourth-order valence-corrected chi connectivity index (χ4v) is 5.22. The number of rotatable bonds is 17. The van der Waals surface area contributed by atoms with Crippen molar-refractivity contribution < 1.29 is 19.0 Å². The lowest BCUT2D eigenvalue weighted by molar-refractivity contribution is -0.157. The molecule has 32 heavy (non-hydrogen) atoms. The molecule has 1 N–H and O–H groups in total. The molecule has 1 fully saturated rings. The fourth-order valence-electron chi connectivity index (χ4n) is 4.20. The minimum Gasteiger partial charge on any atom is -0.414 e. The van der Waals surface area contributed by atoms with Gasteiger partial charge in [-0.05, 0) is 38.4 Å². The molecule has 0 amide bonds. The van der Waals surface area contributed by atoms with Crippen molar-refractivity contribution in [1.29, 1.82) is 0 Å². The van der Waals surface area contributed by atoms with Crippen LogP contribution in [0.5, 0.6) is 0 Å². The van der Waals surface area contributed by atoms with Gasteiger partial charge < -0.3 is 19.0 Å². The lowest BCUT2D eigenvalue weighted by Crippen LogP contribution is -2.46. The van der Waals surface area contributed by atoms with E-state index in [1.807, 2.05) is 13.8 Å². The van der Waals surface area contributed by atoms with E-state index < -0.39 is 20.2 Å². The predicted molar refractivity (Wildman–Crippen MR) is 139 cm³/mol. The Morgan fingerprint density at radius 2 is 1.31 bits per heavy atom. The van der Waals surface area contributed by atoms with Crippen LogP contribution in [0, 0.1) is 0 Å². The molecule has 3 atom stereocenters. The summed E-state index contributed by atoms with van der Waals surface area (Å²) in [6, 6.07) is 0. The smallest absolute Gasteiger partial charge is 0.192 e. The average Bonchev–Trinajstić information content (AvgIpc) is 3.00. The summed E-state index contributed by atoms with van der Waals surface area (Å²) in [5.74, 6) is -0.635. The van der Waals surface area contributed by atoms with Crippen molar-refractivity contribution >= 4 is 8.32 Å². The van der Waals surface area contributed by atoms with Crippen LogP contribution in [0.3, 0.4) is 0 Å². The van der Waals surface area contributed by atoms with Crippen molar-refractivity contribution in [3.63, 3.8) is 0 Å². The summed E-state index contributed by atoms with van der Waals surface area (Å²) in [5, 5.41) is 11.0. The summed E-state index contributed by atoms with van der Waals surface area (Å²) in [6.45, 7) is 17.6. The van der Waals surface area contributed by atoms with E-state index in [0.717, 1.165) is 12.8 Å². The van der Waals surface area contributed by atoms with Crippen molar-refractivity contribution in [3.05, 3.63) is 0 Å². The third-order valence-electron chi connectivity index (χ3n) is 7.36. The second kappa shape index (κ2) is 14.5. The van der Waals surface area contributed by atoms with Gasteiger partial charge in [-0.3, -0.25) is 0 Å². The zero-order chi connectivity index (χ0) is 24.3. The highest BCUT2D eigenvalue weighted by Crippen LogP contribution is 2.38. The highest BCUT2D eigenvalue weighted by molar-refractivity contribution is 6.74. The quantitative estimate of drug-likeness (QED) is 0.172. The Labute approximate surface area is 201 Å². The summed E-state index contributed by atoms with van der Waals surface area (Å²) >= 11 is 0. The lowest BCUT2D eigenvalue weighted by atomic mass is 10.0.